The Morgan fingerprint density at radius 1 is 0.469 bits per heavy atom. The van der Waals surface area contributed by atoms with Gasteiger partial charge in [-0.25, -0.2) is 0 Å². The van der Waals surface area contributed by atoms with E-state index in [4.69, 9.17) is 0 Å². The molecule has 0 amide bonds. The van der Waals surface area contributed by atoms with Crippen LogP contribution in [0.1, 0.15) is 64.4 Å². The number of carbonyl (C=O) groups is 4. The molecular weight excluding hydrogens is 402 g/mol. The summed E-state index contributed by atoms with van der Waals surface area (Å²) in [5.74, 6) is -3.17. The van der Waals surface area contributed by atoms with Crippen molar-refractivity contribution >= 4 is 33.9 Å². The number of hydrogen-bond donors (Lipinski definition) is 0. The van der Waals surface area contributed by atoms with Gasteiger partial charge in [0, 0.05) is 45.4 Å². The molecule has 1 aromatic heterocycles. The molecule has 0 unspecified atom stereocenters. The molecule has 1 heterocycles. The predicted octanol–water partition coefficient (Wildman–Crippen LogP) is 4.56. The largest absolute Gasteiger partial charge is 0.293 e. The number of aromatic nitrogens is 1. The molecule has 5 nitrogen and oxygen atoms in total. The molecule has 0 saturated heterocycles. The van der Waals surface area contributed by atoms with Crippen LogP contribution in [0.2, 0.25) is 0 Å². The van der Waals surface area contributed by atoms with Crippen molar-refractivity contribution in [1.82, 2.24) is 4.98 Å². The Hall–Kier alpha value is -4.25. The normalized spacial score (nSPS) is 16.1. The van der Waals surface area contributed by atoms with E-state index < -0.39 is 11.8 Å². The van der Waals surface area contributed by atoms with E-state index >= 15 is 0 Å². The summed E-state index contributed by atoms with van der Waals surface area (Å²) >= 11 is 0. The summed E-state index contributed by atoms with van der Waals surface area (Å²) in [5, 5.41) is 0.825. The van der Waals surface area contributed by atoms with E-state index in [0.717, 1.165) is 0 Å². The summed E-state index contributed by atoms with van der Waals surface area (Å²) in [6.45, 7) is 0. The van der Waals surface area contributed by atoms with Crippen LogP contribution in [0.3, 0.4) is 0 Å². The number of carbonyl (C=O) groups excluding carboxylic acids is 4. The molecule has 0 saturated carbocycles. The lowest BCUT2D eigenvalue weighted by Gasteiger charge is -2.28. The Bertz CT molecular complexity index is 1300. The lowest BCUT2D eigenvalue weighted by Crippen LogP contribution is -2.31. The minimum atomic E-state index is -0.961. The van der Waals surface area contributed by atoms with Crippen LogP contribution in [0.15, 0.2) is 79.1 Å². The van der Waals surface area contributed by atoms with Gasteiger partial charge in [-0.15, -0.1) is 0 Å². The number of pyridine rings is 1. The summed E-state index contributed by atoms with van der Waals surface area (Å²) < 4.78 is 0. The van der Waals surface area contributed by atoms with E-state index in [9.17, 15) is 19.2 Å². The van der Waals surface area contributed by atoms with E-state index in [1.807, 2.05) is 6.07 Å². The van der Waals surface area contributed by atoms with Crippen LogP contribution in [0.25, 0.3) is 10.8 Å². The minimum absolute atomic E-state index is 0.312. The quantitative estimate of drug-likeness (QED) is 0.447. The van der Waals surface area contributed by atoms with E-state index in [0.29, 0.717) is 44.2 Å². The van der Waals surface area contributed by atoms with Crippen molar-refractivity contribution in [2.75, 3.05) is 0 Å². The van der Waals surface area contributed by atoms with Gasteiger partial charge in [-0.2, -0.15) is 0 Å². The smallest absolute Gasteiger partial charge is 0.178 e. The molecule has 0 bridgehead atoms. The second kappa shape index (κ2) is 6.62. The van der Waals surface area contributed by atoms with E-state index in [1.165, 1.54) is 0 Å². The molecule has 0 fully saturated rings. The van der Waals surface area contributed by atoms with Gasteiger partial charge in [0.1, 0.15) is 11.8 Å². The zero-order chi connectivity index (χ0) is 22.0. The first kappa shape index (κ1) is 18.5. The maximum absolute atomic E-state index is 13.4. The van der Waals surface area contributed by atoms with Crippen molar-refractivity contribution in [2.24, 2.45) is 0 Å². The van der Waals surface area contributed by atoms with Gasteiger partial charge in [0.2, 0.25) is 0 Å². The molecule has 5 heteroatoms. The molecule has 0 spiro atoms. The third-order valence-corrected chi connectivity index (χ3v) is 6.44. The number of rotatable bonds is 2. The van der Waals surface area contributed by atoms with Crippen molar-refractivity contribution in [1.29, 1.82) is 0 Å². The van der Waals surface area contributed by atoms with Gasteiger partial charge in [-0.05, 0) is 47.5 Å². The highest BCUT2D eigenvalue weighted by Crippen LogP contribution is 2.43. The highest BCUT2D eigenvalue weighted by Gasteiger charge is 2.42. The van der Waals surface area contributed by atoms with E-state index in [1.54, 1.807) is 73.1 Å². The molecule has 0 atom stereocenters. The fourth-order valence-corrected chi connectivity index (χ4v) is 4.98. The number of benzene rings is 3. The molecule has 3 aromatic carbocycles. The minimum Gasteiger partial charge on any atom is -0.293 e. The average molecular weight is 417 g/mol. The molecule has 32 heavy (non-hydrogen) atoms. The van der Waals surface area contributed by atoms with Gasteiger partial charge in [0.25, 0.3) is 0 Å². The summed E-state index contributed by atoms with van der Waals surface area (Å²) in [7, 11) is 0. The van der Waals surface area contributed by atoms with Gasteiger partial charge in [0.05, 0.1) is 0 Å². The monoisotopic (exact) mass is 417 g/mol. The maximum Gasteiger partial charge on any atom is 0.178 e. The lowest BCUT2D eigenvalue weighted by molar-refractivity contribution is 0.0835. The Labute approximate surface area is 182 Å². The van der Waals surface area contributed by atoms with Gasteiger partial charge in [-0.3, -0.25) is 24.2 Å². The van der Waals surface area contributed by atoms with Crippen molar-refractivity contribution in [3.05, 3.63) is 113 Å². The zero-order valence-electron chi connectivity index (χ0n) is 16.7. The topological polar surface area (TPSA) is 81.2 Å². The van der Waals surface area contributed by atoms with Crippen molar-refractivity contribution in [3.8, 4) is 0 Å². The van der Waals surface area contributed by atoms with Crippen LogP contribution in [0, 0.1) is 0 Å². The second-order valence-corrected chi connectivity index (χ2v) is 8.09. The lowest BCUT2D eigenvalue weighted by atomic mass is 9.71. The molecule has 0 radical (unpaired) electrons. The Morgan fingerprint density at radius 2 is 0.844 bits per heavy atom. The van der Waals surface area contributed by atoms with Crippen LogP contribution in [-0.4, -0.2) is 28.1 Å². The summed E-state index contributed by atoms with van der Waals surface area (Å²) in [5.41, 5.74) is 2.67. The van der Waals surface area contributed by atoms with Gasteiger partial charge in [-0.1, -0.05) is 30.3 Å². The Balaban J connectivity index is 1.59. The third-order valence-electron chi connectivity index (χ3n) is 6.44. The molecule has 152 valence electrons. The number of ketones is 4. The van der Waals surface area contributed by atoms with Gasteiger partial charge >= 0.3 is 0 Å². The molecule has 2 aliphatic carbocycles. The first-order chi connectivity index (χ1) is 15.6. The summed E-state index contributed by atoms with van der Waals surface area (Å²) in [6.07, 6.45) is 3.10. The predicted molar refractivity (Wildman–Crippen MR) is 117 cm³/mol. The molecule has 0 N–H and O–H groups in total. The number of Topliss-reactive ketones (excluding diaryl/α,β-unsaturated/α-hetero) is 4. The van der Waals surface area contributed by atoms with Gasteiger partial charge < -0.3 is 0 Å². The SMILES string of the molecule is O=C1c2ccc3c4c(ccc(c24)C(=O)C1c1ccccc1)C(=O)C(c1ccncc1)C3=O. The summed E-state index contributed by atoms with van der Waals surface area (Å²) in [6, 6.07) is 18.7. The number of hydrogen-bond acceptors (Lipinski definition) is 5. The highest BCUT2D eigenvalue weighted by atomic mass is 16.2. The average Bonchev–Trinajstić information content (AvgIpc) is 2.83. The van der Waals surface area contributed by atoms with Crippen LogP contribution in [0.4, 0.5) is 0 Å². The zero-order valence-corrected chi connectivity index (χ0v) is 16.7. The maximum atomic E-state index is 13.4. The van der Waals surface area contributed by atoms with E-state index in [-0.39, 0.29) is 23.1 Å². The van der Waals surface area contributed by atoms with Crippen LogP contribution < -0.4 is 0 Å². The summed E-state index contributed by atoms with van der Waals surface area (Å²) in [4.78, 5) is 57.5. The highest BCUT2D eigenvalue weighted by molar-refractivity contribution is 6.38. The van der Waals surface area contributed by atoms with Crippen molar-refractivity contribution in [3.63, 3.8) is 0 Å². The fourth-order valence-electron chi connectivity index (χ4n) is 4.98. The molecule has 4 aromatic rings. The van der Waals surface area contributed by atoms with E-state index in [2.05, 4.69) is 4.98 Å². The molecule has 0 aliphatic heterocycles. The Kier molecular flexibility index (Phi) is 3.83. The first-order valence-corrected chi connectivity index (χ1v) is 10.3. The van der Waals surface area contributed by atoms with Crippen molar-refractivity contribution in [2.45, 2.75) is 11.8 Å². The standard InChI is InChI=1S/C27H15NO4/c29-24-16-6-8-18-23-19(27(32)21(26(18)31)15-10-12-28-13-11-15)9-7-17(22(16)23)25(30)20(24)14-4-2-1-3-5-14/h1-13,20-21H. The third kappa shape index (κ3) is 2.36. The van der Waals surface area contributed by atoms with Crippen LogP contribution >= 0.6 is 0 Å². The van der Waals surface area contributed by atoms with Crippen molar-refractivity contribution < 1.29 is 19.2 Å². The Morgan fingerprint density at radius 3 is 1.25 bits per heavy atom. The number of nitrogens with zero attached hydrogens (tertiary/aromatic N) is 1. The fraction of sp³-hybridized carbons (Fsp3) is 0.0741. The molecular formula is C27H15NO4. The molecule has 2 aliphatic rings. The molecule has 6 rings (SSSR count). The second-order valence-electron chi connectivity index (χ2n) is 8.09. The van der Waals surface area contributed by atoms with Crippen LogP contribution in [-0.2, 0) is 0 Å². The van der Waals surface area contributed by atoms with Gasteiger partial charge in [0.15, 0.2) is 23.1 Å². The van der Waals surface area contributed by atoms with Crippen LogP contribution in [0.5, 0.6) is 0 Å². The first-order valence-electron chi connectivity index (χ1n) is 10.3.